The van der Waals surface area contributed by atoms with Gasteiger partial charge in [-0.1, -0.05) is 36.4 Å². The molecular formula is C25H20F2N2O2. The zero-order valence-corrected chi connectivity index (χ0v) is 16.9. The number of amides is 2. The van der Waals surface area contributed by atoms with Gasteiger partial charge in [0.25, 0.3) is 11.8 Å². The summed E-state index contributed by atoms with van der Waals surface area (Å²) in [5.41, 5.74) is 3.30. The molecule has 0 unspecified atom stereocenters. The number of hydrogen-bond acceptors (Lipinski definition) is 3. The molecule has 1 heterocycles. The molecule has 1 aliphatic rings. The molecule has 1 aliphatic heterocycles. The van der Waals surface area contributed by atoms with Crippen LogP contribution in [0, 0.1) is 18.6 Å². The Morgan fingerprint density at radius 3 is 2.13 bits per heavy atom. The van der Waals surface area contributed by atoms with Crippen LogP contribution in [-0.2, 0) is 16.0 Å². The summed E-state index contributed by atoms with van der Waals surface area (Å²) < 4.78 is 26.6. The Balaban J connectivity index is 1.65. The highest BCUT2D eigenvalue weighted by atomic mass is 19.1. The van der Waals surface area contributed by atoms with E-state index in [4.69, 9.17) is 0 Å². The predicted octanol–water partition coefficient (Wildman–Crippen LogP) is 4.71. The lowest BCUT2D eigenvalue weighted by Crippen LogP contribution is -2.34. The predicted molar refractivity (Wildman–Crippen MR) is 115 cm³/mol. The Hall–Kier alpha value is -3.80. The second kappa shape index (κ2) is 8.52. The molecule has 6 heteroatoms. The van der Waals surface area contributed by atoms with Crippen molar-refractivity contribution in [1.82, 2.24) is 4.90 Å². The molecule has 156 valence electrons. The summed E-state index contributed by atoms with van der Waals surface area (Å²) in [6.45, 7) is 2.07. The van der Waals surface area contributed by atoms with Crippen LogP contribution in [-0.4, -0.2) is 23.3 Å². The minimum absolute atomic E-state index is 0.146. The van der Waals surface area contributed by atoms with Crippen molar-refractivity contribution in [3.63, 3.8) is 0 Å². The zero-order chi connectivity index (χ0) is 22.0. The molecule has 2 amide bonds. The smallest absolute Gasteiger partial charge is 0.278 e. The topological polar surface area (TPSA) is 49.4 Å². The average molecular weight is 418 g/mol. The number of nitrogens with zero attached hydrogens (tertiary/aromatic N) is 1. The summed E-state index contributed by atoms with van der Waals surface area (Å²) in [6.07, 6.45) is 0.395. The maximum atomic E-state index is 13.4. The highest BCUT2D eigenvalue weighted by Crippen LogP contribution is 2.31. The first-order valence-corrected chi connectivity index (χ1v) is 9.87. The molecule has 0 saturated heterocycles. The summed E-state index contributed by atoms with van der Waals surface area (Å²) >= 11 is 0. The van der Waals surface area contributed by atoms with Crippen LogP contribution in [0.1, 0.15) is 16.7 Å². The standard InChI is InChI=1S/C25H20F2N2O2/c1-16-3-2-4-21(15-16)28-23-22(18-7-11-20(27)12-8-18)24(30)29(25(23)31)14-13-17-5-9-19(26)10-6-17/h2-12,15,28H,13-14H2,1H3. The molecule has 0 fully saturated rings. The van der Waals surface area contributed by atoms with Gasteiger partial charge in [0.15, 0.2) is 0 Å². The molecular weight excluding hydrogens is 398 g/mol. The lowest BCUT2D eigenvalue weighted by molar-refractivity contribution is -0.136. The number of benzene rings is 3. The van der Waals surface area contributed by atoms with Gasteiger partial charge >= 0.3 is 0 Å². The van der Waals surface area contributed by atoms with Crippen LogP contribution in [0.25, 0.3) is 5.57 Å². The van der Waals surface area contributed by atoms with Gasteiger partial charge in [-0.2, -0.15) is 0 Å². The van der Waals surface area contributed by atoms with Crippen LogP contribution < -0.4 is 5.32 Å². The molecule has 0 atom stereocenters. The van der Waals surface area contributed by atoms with Gasteiger partial charge in [-0.05, 0) is 66.4 Å². The zero-order valence-electron chi connectivity index (χ0n) is 16.9. The minimum atomic E-state index is -0.451. The highest BCUT2D eigenvalue weighted by molar-refractivity contribution is 6.36. The summed E-state index contributed by atoms with van der Waals surface area (Å²) in [4.78, 5) is 27.5. The molecule has 4 nitrogen and oxygen atoms in total. The summed E-state index contributed by atoms with van der Waals surface area (Å²) in [5.74, 6) is -1.67. The molecule has 1 N–H and O–H groups in total. The Kier molecular flexibility index (Phi) is 5.62. The van der Waals surface area contributed by atoms with Crippen LogP contribution in [0.2, 0.25) is 0 Å². The number of carbonyl (C=O) groups excluding carboxylic acids is 2. The monoisotopic (exact) mass is 418 g/mol. The lowest BCUT2D eigenvalue weighted by atomic mass is 10.0. The number of anilines is 1. The van der Waals surface area contributed by atoms with Crippen LogP contribution in [0.15, 0.2) is 78.5 Å². The number of nitrogens with one attached hydrogen (secondary N) is 1. The molecule has 3 aromatic carbocycles. The van der Waals surface area contributed by atoms with Gasteiger partial charge in [-0.25, -0.2) is 8.78 Å². The normalized spacial score (nSPS) is 13.8. The number of halogens is 2. The molecule has 0 bridgehead atoms. The SMILES string of the molecule is Cc1cccc(NC2=C(c3ccc(F)cc3)C(=O)N(CCc3ccc(F)cc3)C2=O)c1. The van der Waals surface area contributed by atoms with E-state index >= 15 is 0 Å². The molecule has 0 aromatic heterocycles. The van der Waals surface area contributed by atoms with Crippen molar-refractivity contribution >= 4 is 23.1 Å². The fourth-order valence-electron chi connectivity index (χ4n) is 3.54. The first kappa shape index (κ1) is 20.5. The number of hydrogen-bond donors (Lipinski definition) is 1. The third kappa shape index (κ3) is 4.38. The summed E-state index contributed by atoms with van der Waals surface area (Å²) in [6, 6.07) is 18.9. The Morgan fingerprint density at radius 2 is 1.48 bits per heavy atom. The van der Waals surface area contributed by atoms with Crippen molar-refractivity contribution < 1.29 is 18.4 Å². The van der Waals surface area contributed by atoms with Crippen LogP contribution in [0.3, 0.4) is 0 Å². The quantitative estimate of drug-likeness (QED) is 0.590. The van der Waals surface area contributed by atoms with Gasteiger partial charge in [0, 0.05) is 12.2 Å². The van der Waals surface area contributed by atoms with Crippen molar-refractivity contribution in [2.75, 3.05) is 11.9 Å². The van der Waals surface area contributed by atoms with E-state index in [2.05, 4.69) is 5.32 Å². The minimum Gasteiger partial charge on any atom is -0.350 e. The maximum Gasteiger partial charge on any atom is 0.278 e. The summed E-state index contributed by atoms with van der Waals surface area (Å²) in [5, 5.41) is 3.08. The van der Waals surface area contributed by atoms with Crippen molar-refractivity contribution in [3.05, 3.63) is 107 Å². The van der Waals surface area contributed by atoms with Gasteiger partial charge in [-0.15, -0.1) is 0 Å². The number of aryl methyl sites for hydroxylation is 1. The van der Waals surface area contributed by atoms with E-state index in [9.17, 15) is 18.4 Å². The van der Waals surface area contributed by atoms with Gasteiger partial charge in [0.2, 0.25) is 0 Å². The van der Waals surface area contributed by atoms with Crippen molar-refractivity contribution in [2.45, 2.75) is 13.3 Å². The molecule has 0 aliphatic carbocycles. The molecule has 31 heavy (non-hydrogen) atoms. The van der Waals surface area contributed by atoms with Gasteiger partial charge < -0.3 is 5.32 Å². The second-order valence-corrected chi connectivity index (χ2v) is 7.39. The third-order valence-electron chi connectivity index (χ3n) is 5.13. The summed E-state index contributed by atoms with van der Waals surface area (Å²) in [7, 11) is 0. The molecule has 4 rings (SSSR count). The maximum absolute atomic E-state index is 13.4. The number of carbonyl (C=O) groups is 2. The van der Waals surface area contributed by atoms with Crippen LogP contribution >= 0.6 is 0 Å². The Bertz CT molecular complexity index is 1170. The van der Waals surface area contributed by atoms with E-state index in [1.54, 1.807) is 18.2 Å². The van der Waals surface area contributed by atoms with E-state index in [-0.39, 0.29) is 23.6 Å². The van der Waals surface area contributed by atoms with Crippen LogP contribution in [0.5, 0.6) is 0 Å². The van der Waals surface area contributed by atoms with Gasteiger partial charge in [-0.3, -0.25) is 14.5 Å². The van der Waals surface area contributed by atoms with E-state index in [0.717, 1.165) is 11.1 Å². The van der Waals surface area contributed by atoms with Gasteiger partial charge in [0.1, 0.15) is 17.3 Å². The molecule has 0 saturated carbocycles. The number of imide groups is 1. The molecule has 3 aromatic rings. The van der Waals surface area contributed by atoms with E-state index in [1.807, 2.05) is 25.1 Å². The molecule has 0 radical (unpaired) electrons. The fourth-order valence-corrected chi connectivity index (χ4v) is 3.54. The lowest BCUT2D eigenvalue weighted by Gasteiger charge is -2.15. The van der Waals surface area contributed by atoms with Crippen LogP contribution in [0.4, 0.5) is 14.5 Å². The Morgan fingerprint density at radius 1 is 0.839 bits per heavy atom. The number of rotatable bonds is 6. The Labute approximate surface area is 178 Å². The van der Waals surface area contributed by atoms with Crippen molar-refractivity contribution in [1.29, 1.82) is 0 Å². The largest absolute Gasteiger partial charge is 0.350 e. The van der Waals surface area contributed by atoms with E-state index in [1.165, 1.54) is 41.3 Å². The molecule has 0 spiro atoms. The van der Waals surface area contributed by atoms with Crippen molar-refractivity contribution in [2.24, 2.45) is 0 Å². The second-order valence-electron chi connectivity index (χ2n) is 7.39. The van der Waals surface area contributed by atoms with Gasteiger partial charge in [0.05, 0.1) is 5.57 Å². The van der Waals surface area contributed by atoms with Crippen molar-refractivity contribution in [3.8, 4) is 0 Å². The highest BCUT2D eigenvalue weighted by Gasteiger charge is 2.38. The van der Waals surface area contributed by atoms with E-state index < -0.39 is 17.6 Å². The first-order chi connectivity index (χ1) is 14.9. The van der Waals surface area contributed by atoms with E-state index in [0.29, 0.717) is 17.7 Å². The third-order valence-corrected chi connectivity index (χ3v) is 5.13. The average Bonchev–Trinajstić information content (AvgIpc) is 2.98. The first-order valence-electron chi connectivity index (χ1n) is 9.87. The fraction of sp³-hybridized carbons (Fsp3) is 0.120.